The van der Waals surface area contributed by atoms with E-state index in [1.807, 2.05) is 0 Å². The fourth-order valence-corrected chi connectivity index (χ4v) is 2.09. The third kappa shape index (κ3) is 3.26. The van der Waals surface area contributed by atoms with Crippen molar-refractivity contribution in [2.24, 2.45) is 5.92 Å². The SMILES string of the molecule is CC(=O)C[C@@H](C)C(=O)N1C[C@H](O)C[C@H]1C(=O)O. The zero-order valence-electron chi connectivity index (χ0n) is 9.92. The van der Waals surface area contributed by atoms with Gasteiger partial charge in [-0.25, -0.2) is 4.79 Å². The molecule has 1 saturated heterocycles. The number of hydrogen-bond acceptors (Lipinski definition) is 4. The second-order valence-electron chi connectivity index (χ2n) is 4.54. The Hall–Kier alpha value is -1.43. The molecule has 1 amide bonds. The third-order valence-electron chi connectivity index (χ3n) is 2.86. The molecule has 1 aliphatic rings. The summed E-state index contributed by atoms with van der Waals surface area (Å²) in [5, 5.41) is 18.3. The summed E-state index contributed by atoms with van der Waals surface area (Å²) < 4.78 is 0. The molecule has 17 heavy (non-hydrogen) atoms. The van der Waals surface area contributed by atoms with Crippen LogP contribution in [0.2, 0.25) is 0 Å². The van der Waals surface area contributed by atoms with Crippen molar-refractivity contribution in [3.63, 3.8) is 0 Å². The van der Waals surface area contributed by atoms with Gasteiger partial charge in [0.25, 0.3) is 0 Å². The molecule has 1 fully saturated rings. The summed E-state index contributed by atoms with van der Waals surface area (Å²) in [6, 6.07) is -0.980. The Morgan fingerprint density at radius 1 is 1.41 bits per heavy atom. The molecule has 0 unspecified atom stereocenters. The fourth-order valence-electron chi connectivity index (χ4n) is 2.09. The van der Waals surface area contributed by atoms with Crippen molar-refractivity contribution < 1.29 is 24.6 Å². The second kappa shape index (κ2) is 5.27. The van der Waals surface area contributed by atoms with E-state index >= 15 is 0 Å². The molecular formula is C11H17NO5. The summed E-state index contributed by atoms with van der Waals surface area (Å²) in [6.45, 7) is 3.00. The van der Waals surface area contributed by atoms with E-state index in [9.17, 15) is 19.5 Å². The molecule has 2 N–H and O–H groups in total. The number of carbonyl (C=O) groups is 3. The lowest BCUT2D eigenvalue weighted by molar-refractivity contribution is -0.150. The first-order valence-corrected chi connectivity index (χ1v) is 5.53. The van der Waals surface area contributed by atoms with Gasteiger partial charge in [0.15, 0.2) is 0 Å². The first kappa shape index (κ1) is 13.6. The van der Waals surface area contributed by atoms with E-state index in [0.717, 1.165) is 4.90 Å². The van der Waals surface area contributed by atoms with E-state index < -0.39 is 24.0 Å². The van der Waals surface area contributed by atoms with Crippen LogP contribution in [0.1, 0.15) is 26.7 Å². The minimum atomic E-state index is -1.12. The largest absolute Gasteiger partial charge is 0.480 e. The van der Waals surface area contributed by atoms with Gasteiger partial charge in [0.05, 0.1) is 6.10 Å². The molecule has 6 nitrogen and oxygen atoms in total. The molecule has 0 aliphatic carbocycles. The number of carbonyl (C=O) groups excluding carboxylic acids is 2. The first-order chi connectivity index (χ1) is 7.82. The van der Waals surface area contributed by atoms with Crippen LogP contribution in [0.15, 0.2) is 0 Å². The summed E-state index contributed by atoms with van der Waals surface area (Å²) in [5.74, 6) is -2.16. The number of carboxylic acid groups (broad SMARTS) is 1. The molecule has 0 aromatic heterocycles. The van der Waals surface area contributed by atoms with Crippen molar-refractivity contribution in [3.8, 4) is 0 Å². The number of rotatable bonds is 4. The van der Waals surface area contributed by atoms with Crippen LogP contribution in [0.4, 0.5) is 0 Å². The maximum Gasteiger partial charge on any atom is 0.326 e. The Morgan fingerprint density at radius 2 is 2.00 bits per heavy atom. The van der Waals surface area contributed by atoms with Gasteiger partial charge in [-0.05, 0) is 6.92 Å². The molecule has 0 bridgehead atoms. The van der Waals surface area contributed by atoms with Crippen LogP contribution in [0.5, 0.6) is 0 Å². The highest BCUT2D eigenvalue weighted by atomic mass is 16.4. The number of likely N-dealkylation sites (tertiary alicyclic amines) is 1. The van der Waals surface area contributed by atoms with Crippen LogP contribution >= 0.6 is 0 Å². The van der Waals surface area contributed by atoms with Crippen LogP contribution in [0.25, 0.3) is 0 Å². The molecule has 0 radical (unpaired) electrons. The number of ketones is 1. The van der Waals surface area contributed by atoms with Gasteiger partial charge in [0.2, 0.25) is 5.91 Å². The molecule has 1 rings (SSSR count). The number of nitrogens with zero attached hydrogens (tertiary/aromatic N) is 1. The molecule has 0 aromatic rings. The lowest BCUT2D eigenvalue weighted by Gasteiger charge is -2.24. The average Bonchev–Trinajstić information content (AvgIpc) is 2.58. The van der Waals surface area contributed by atoms with Crippen LogP contribution < -0.4 is 0 Å². The third-order valence-corrected chi connectivity index (χ3v) is 2.86. The minimum absolute atomic E-state index is 0.0258. The van der Waals surface area contributed by atoms with Crippen LogP contribution in [0.3, 0.4) is 0 Å². The Balaban J connectivity index is 2.73. The van der Waals surface area contributed by atoms with Crippen LogP contribution in [-0.2, 0) is 14.4 Å². The van der Waals surface area contributed by atoms with Gasteiger partial charge < -0.3 is 19.9 Å². The van der Waals surface area contributed by atoms with Gasteiger partial charge in [-0.15, -0.1) is 0 Å². The standard InChI is InChI=1S/C11H17NO5/c1-6(3-7(2)13)10(15)12-5-8(14)4-9(12)11(16)17/h6,8-9,14H,3-5H2,1-2H3,(H,16,17)/t6-,8-,9+/m1/s1. The number of β-amino-alcohol motifs (C(OH)–C–C–N with tert-alkyl or cyclic N) is 1. The van der Waals surface area contributed by atoms with Crippen molar-refractivity contribution in [1.29, 1.82) is 0 Å². The monoisotopic (exact) mass is 243 g/mol. The van der Waals surface area contributed by atoms with Gasteiger partial charge in [0, 0.05) is 25.3 Å². The van der Waals surface area contributed by atoms with E-state index in [0.29, 0.717) is 0 Å². The summed E-state index contributed by atoms with van der Waals surface area (Å²) in [5.41, 5.74) is 0. The number of aliphatic hydroxyl groups excluding tert-OH is 1. The molecule has 0 aromatic carbocycles. The topological polar surface area (TPSA) is 94.9 Å². The summed E-state index contributed by atoms with van der Waals surface area (Å²) in [7, 11) is 0. The fraction of sp³-hybridized carbons (Fsp3) is 0.727. The van der Waals surface area contributed by atoms with Crippen molar-refractivity contribution in [2.45, 2.75) is 38.8 Å². The predicted molar refractivity (Wildman–Crippen MR) is 58.2 cm³/mol. The highest BCUT2D eigenvalue weighted by molar-refractivity contribution is 5.89. The summed E-state index contributed by atoms with van der Waals surface area (Å²) in [6.07, 6.45) is -0.657. The average molecular weight is 243 g/mol. The van der Waals surface area contributed by atoms with Crippen molar-refractivity contribution >= 4 is 17.7 Å². The van der Waals surface area contributed by atoms with Gasteiger partial charge in [-0.2, -0.15) is 0 Å². The van der Waals surface area contributed by atoms with E-state index in [-0.39, 0.29) is 31.1 Å². The Bertz CT molecular complexity index is 341. The van der Waals surface area contributed by atoms with Crippen LogP contribution in [0, 0.1) is 5.92 Å². The van der Waals surface area contributed by atoms with Gasteiger partial charge in [-0.3, -0.25) is 4.79 Å². The quantitative estimate of drug-likeness (QED) is 0.703. The highest BCUT2D eigenvalue weighted by Crippen LogP contribution is 2.21. The summed E-state index contributed by atoms with van der Waals surface area (Å²) >= 11 is 0. The lowest BCUT2D eigenvalue weighted by Crippen LogP contribution is -2.43. The molecule has 6 heteroatoms. The predicted octanol–water partition coefficient (Wildman–Crippen LogP) is -0.352. The molecule has 0 spiro atoms. The minimum Gasteiger partial charge on any atom is -0.480 e. The number of aliphatic hydroxyl groups is 1. The van der Waals surface area contributed by atoms with E-state index in [1.165, 1.54) is 6.92 Å². The highest BCUT2D eigenvalue weighted by Gasteiger charge is 2.40. The lowest BCUT2D eigenvalue weighted by atomic mass is 10.0. The Labute approximate surface area is 99.2 Å². The number of amides is 1. The first-order valence-electron chi connectivity index (χ1n) is 5.53. The Kier molecular flexibility index (Phi) is 4.22. The van der Waals surface area contributed by atoms with Crippen LogP contribution in [-0.4, -0.2) is 51.5 Å². The van der Waals surface area contributed by atoms with Crippen molar-refractivity contribution in [3.05, 3.63) is 0 Å². The Morgan fingerprint density at radius 3 is 2.47 bits per heavy atom. The number of Topliss-reactive ketones (excluding diaryl/α,β-unsaturated/α-hetero) is 1. The number of aliphatic carboxylic acids is 1. The molecule has 1 heterocycles. The zero-order chi connectivity index (χ0) is 13.2. The maximum absolute atomic E-state index is 11.9. The molecule has 96 valence electrons. The maximum atomic E-state index is 11.9. The van der Waals surface area contributed by atoms with Gasteiger partial charge in [0.1, 0.15) is 11.8 Å². The number of hydrogen-bond donors (Lipinski definition) is 2. The smallest absolute Gasteiger partial charge is 0.326 e. The van der Waals surface area contributed by atoms with Crippen molar-refractivity contribution in [1.82, 2.24) is 4.90 Å². The molecular weight excluding hydrogens is 226 g/mol. The normalized spacial score (nSPS) is 25.7. The van der Waals surface area contributed by atoms with E-state index in [2.05, 4.69) is 0 Å². The molecule has 1 aliphatic heterocycles. The van der Waals surface area contributed by atoms with Gasteiger partial charge >= 0.3 is 5.97 Å². The summed E-state index contributed by atoms with van der Waals surface area (Å²) in [4.78, 5) is 34.9. The number of carboxylic acids is 1. The van der Waals surface area contributed by atoms with Crippen molar-refractivity contribution in [2.75, 3.05) is 6.54 Å². The molecule has 0 saturated carbocycles. The zero-order valence-corrected chi connectivity index (χ0v) is 9.92. The second-order valence-corrected chi connectivity index (χ2v) is 4.54. The van der Waals surface area contributed by atoms with E-state index in [4.69, 9.17) is 5.11 Å². The molecule has 3 atom stereocenters. The van der Waals surface area contributed by atoms with Gasteiger partial charge in [-0.1, -0.05) is 6.92 Å². The van der Waals surface area contributed by atoms with E-state index in [1.54, 1.807) is 6.92 Å².